The quantitative estimate of drug-likeness (QED) is 0.567. The highest BCUT2D eigenvalue weighted by atomic mass is 16.5. The fraction of sp³-hybridized carbons (Fsp3) is 0.500. The number of benzene rings is 2. The van der Waals surface area contributed by atoms with Crippen LogP contribution in [0.25, 0.3) is 0 Å². The minimum atomic E-state index is -0.896. The molecule has 0 fully saturated rings. The van der Waals surface area contributed by atoms with Gasteiger partial charge in [0, 0.05) is 5.41 Å². The van der Waals surface area contributed by atoms with Crippen LogP contribution in [-0.4, -0.2) is 28.9 Å². The van der Waals surface area contributed by atoms with E-state index in [1.807, 2.05) is 52.8 Å². The average molecular weight is 413 g/mol. The first-order chi connectivity index (χ1) is 14.0. The van der Waals surface area contributed by atoms with E-state index in [9.17, 15) is 15.0 Å². The molecule has 2 aromatic rings. The summed E-state index contributed by atoms with van der Waals surface area (Å²) in [5, 5.41) is 19.6. The fourth-order valence-corrected chi connectivity index (χ4v) is 3.96. The Morgan fingerprint density at radius 1 is 0.967 bits per heavy atom. The van der Waals surface area contributed by atoms with Crippen molar-refractivity contribution < 1.29 is 19.7 Å². The summed E-state index contributed by atoms with van der Waals surface area (Å²) in [6, 6.07) is 11.9. The van der Waals surface area contributed by atoms with Crippen LogP contribution in [0.1, 0.15) is 80.1 Å². The first-order valence-electron chi connectivity index (χ1n) is 10.7. The van der Waals surface area contributed by atoms with Gasteiger partial charge in [0.1, 0.15) is 12.4 Å². The van der Waals surface area contributed by atoms with Crippen molar-refractivity contribution in [1.82, 2.24) is 0 Å². The zero-order valence-corrected chi connectivity index (χ0v) is 19.4. The standard InChI is InChI=1S/C26H36O4/c1-8-26(9-2,19-10-12-21(24(28)29)17(3)14-19)20-11-13-22(18(4)15-20)30-16-23(27)25(5,6)7/h10-15,23,27H,8-9,16H2,1-7H3,(H,28,29)/t23-/m0/s1. The lowest BCUT2D eigenvalue weighted by atomic mass is 9.70. The first-order valence-corrected chi connectivity index (χ1v) is 10.7. The number of aliphatic hydroxyl groups is 1. The van der Waals surface area contributed by atoms with Crippen LogP contribution in [0.2, 0.25) is 0 Å². The van der Waals surface area contributed by atoms with Gasteiger partial charge in [0.05, 0.1) is 11.7 Å². The second-order valence-corrected chi connectivity index (χ2v) is 9.30. The molecule has 0 aliphatic carbocycles. The van der Waals surface area contributed by atoms with Gasteiger partial charge < -0.3 is 14.9 Å². The molecular weight excluding hydrogens is 376 g/mol. The smallest absolute Gasteiger partial charge is 0.335 e. The van der Waals surface area contributed by atoms with Gasteiger partial charge in [0.2, 0.25) is 0 Å². The Balaban J connectivity index is 2.40. The summed E-state index contributed by atoms with van der Waals surface area (Å²) >= 11 is 0. The van der Waals surface area contributed by atoms with E-state index in [2.05, 4.69) is 26.0 Å². The molecule has 164 valence electrons. The van der Waals surface area contributed by atoms with E-state index in [1.54, 1.807) is 6.07 Å². The Kier molecular flexibility index (Phi) is 7.36. The predicted molar refractivity (Wildman–Crippen MR) is 122 cm³/mol. The number of carboxylic acid groups (broad SMARTS) is 1. The van der Waals surface area contributed by atoms with Crippen LogP contribution in [0, 0.1) is 19.3 Å². The van der Waals surface area contributed by atoms with E-state index in [0.717, 1.165) is 35.3 Å². The van der Waals surface area contributed by atoms with Gasteiger partial charge in [-0.05, 0) is 66.5 Å². The number of aliphatic hydroxyl groups excluding tert-OH is 1. The van der Waals surface area contributed by atoms with Gasteiger partial charge >= 0.3 is 5.97 Å². The molecule has 2 N–H and O–H groups in total. The molecule has 0 spiro atoms. The molecule has 0 unspecified atom stereocenters. The SMILES string of the molecule is CCC(CC)(c1ccc(OC[C@H](O)C(C)(C)C)c(C)c1)c1ccc(C(=O)O)c(C)c1. The van der Waals surface area contributed by atoms with Crippen molar-refractivity contribution in [2.75, 3.05) is 6.61 Å². The highest BCUT2D eigenvalue weighted by Crippen LogP contribution is 2.41. The maximum atomic E-state index is 11.4. The van der Waals surface area contributed by atoms with Crippen LogP contribution < -0.4 is 4.74 Å². The molecule has 0 aromatic heterocycles. The summed E-state index contributed by atoms with van der Waals surface area (Å²) in [7, 11) is 0. The molecule has 0 aliphatic rings. The zero-order chi connectivity index (χ0) is 22.7. The highest BCUT2D eigenvalue weighted by Gasteiger charge is 2.32. The van der Waals surface area contributed by atoms with Crippen LogP contribution in [0.15, 0.2) is 36.4 Å². The molecule has 0 amide bonds. The van der Waals surface area contributed by atoms with Crippen LogP contribution in [0.3, 0.4) is 0 Å². The summed E-state index contributed by atoms with van der Waals surface area (Å²) in [4.78, 5) is 11.4. The minimum Gasteiger partial charge on any atom is -0.491 e. The Hall–Kier alpha value is -2.33. The number of aryl methyl sites for hydroxylation is 2. The van der Waals surface area contributed by atoms with Gasteiger partial charge in [-0.2, -0.15) is 0 Å². The second-order valence-electron chi connectivity index (χ2n) is 9.30. The number of aromatic carboxylic acids is 1. The van der Waals surface area contributed by atoms with Crippen LogP contribution in [0.4, 0.5) is 0 Å². The van der Waals surface area contributed by atoms with Crippen molar-refractivity contribution >= 4 is 5.97 Å². The third-order valence-corrected chi connectivity index (χ3v) is 6.34. The third kappa shape index (κ3) is 4.86. The van der Waals surface area contributed by atoms with Gasteiger partial charge in [0.15, 0.2) is 0 Å². The summed E-state index contributed by atoms with van der Waals surface area (Å²) in [6.45, 7) is 14.4. The molecule has 1 atom stereocenters. The molecule has 2 rings (SSSR count). The second kappa shape index (κ2) is 9.22. The normalized spacial score (nSPS) is 13.2. The number of carboxylic acids is 1. The molecule has 0 saturated carbocycles. The van der Waals surface area contributed by atoms with Crippen molar-refractivity contribution in [3.05, 3.63) is 64.2 Å². The number of hydrogen-bond acceptors (Lipinski definition) is 3. The molecule has 0 bridgehead atoms. The topological polar surface area (TPSA) is 66.8 Å². The molecule has 30 heavy (non-hydrogen) atoms. The van der Waals surface area contributed by atoms with Crippen LogP contribution >= 0.6 is 0 Å². The molecule has 0 radical (unpaired) electrons. The van der Waals surface area contributed by atoms with E-state index in [4.69, 9.17) is 4.74 Å². The maximum Gasteiger partial charge on any atom is 0.335 e. The maximum absolute atomic E-state index is 11.4. The first kappa shape index (κ1) is 23.9. The Labute approximate surface area is 180 Å². The number of carbonyl (C=O) groups is 1. The van der Waals surface area contributed by atoms with Gasteiger partial charge in [-0.15, -0.1) is 0 Å². The van der Waals surface area contributed by atoms with Crippen molar-refractivity contribution in [3.63, 3.8) is 0 Å². The largest absolute Gasteiger partial charge is 0.491 e. The van der Waals surface area contributed by atoms with Gasteiger partial charge in [-0.3, -0.25) is 0 Å². The average Bonchev–Trinajstić information content (AvgIpc) is 2.67. The fourth-order valence-electron chi connectivity index (χ4n) is 3.96. The number of rotatable bonds is 8. The van der Waals surface area contributed by atoms with Crippen molar-refractivity contribution in [2.24, 2.45) is 5.41 Å². The van der Waals surface area contributed by atoms with Crippen molar-refractivity contribution in [1.29, 1.82) is 0 Å². The molecule has 0 aliphatic heterocycles. The van der Waals surface area contributed by atoms with E-state index < -0.39 is 12.1 Å². The minimum absolute atomic E-state index is 0.198. The van der Waals surface area contributed by atoms with Gasteiger partial charge in [-0.1, -0.05) is 58.9 Å². The summed E-state index contributed by atoms with van der Waals surface area (Å²) < 4.78 is 5.91. The molecule has 4 nitrogen and oxygen atoms in total. The van der Waals surface area contributed by atoms with Crippen molar-refractivity contribution in [3.8, 4) is 5.75 Å². The molecule has 2 aromatic carbocycles. The van der Waals surface area contributed by atoms with E-state index in [0.29, 0.717) is 5.56 Å². The van der Waals surface area contributed by atoms with Crippen LogP contribution in [0.5, 0.6) is 5.75 Å². The third-order valence-electron chi connectivity index (χ3n) is 6.34. The molecule has 0 saturated heterocycles. The van der Waals surface area contributed by atoms with E-state index in [-0.39, 0.29) is 17.4 Å². The highest BCUT2D eigenvalue weighted by molar-refractivity contribution is 5.89. The zero-order valence-electron chi connectivity index (χ0n) is 19.4. The summed E-state index contributed by atoms with van der Waals surface area (Å²) in [5.41, 5.74) is 4.04. The lowest BCUT2D eigenvalue weighted by molar-refractivity contribution is 0.0216. The van der Waals surface area contributed by atoms with E-state index in [1.165, 1.54) is 5.56 Å². The summed E-state index contributed by atoms with van der Waals surface area (Å²) in [6.07, 6.45) is 1.26. The predicted octanol–water partition coefficient (Wildman–Crippen LogP) is 5.89. The van der Waals surface area contributed by atoms with E-state index >= 15 is 0 Å². The monoisotopic (exact) mass is 412 g/mol. The lowest BCUT2D eigenvalue weighted by Gasteiger charge is -2.34. The Morgan fingerprint density at radius 3 is 1.93 bits per heavy atom. The van der Waals surface area contributed by atoms with Gasteiger partial charge in [-0.25, -0.2) is 4.79 Å². The number of hydrogen-bond donors (Lipinski definition) is 2. The van der Waals surface area contributed by atoms with Crippen molar-refractivity contribution in [2.45, 2.75) is 72.8 Å². The molecular formula is C26H36O4. The summed E-state index contributed by atoms with van der Waals surface area (Å²) in [5.74, 6) is -0.118. The Morgan fingerprint density at radius 2 is 1.50 bits per heavy atom. The Bertz CT molecular complexity index is 888. The molecule has 4 heteroatoms. The molecule has 0 heterocycles. The van der Waals surface area contributed by atoms with Crippen LogP contribution in [-0.2, 0) is 5.41 Å². The number of ether oxygens (including phenoxy) is 1. The van der Waals surface area contributed by atoms with Gasteiger partial charge in [0.25, 0.3) is 0 Å². The lowest BCUT2D eigenvalue weighted by Crippen LogP contribution is -2.32.